The highest BCUT2D eigenvalue weighted by molar-refractivity contribution is 6.55. The SMILES string of the molecule is CC1(C)[C@H](C#N)[C@H]1C=C(Cl)Cl. The number of hydrogen-bond donors (Lipinski definition) is 0. The zero-order valence-electron chi connectivity index (χ0n) is 6.44. The van der Waals surface area contributed by atoms with Crippen LogP contribution in [0.3, 0.4) is 0 Å². The summed E-state index contributed by atoms with van der Waals surface area (Å²) < 4.78 is 0.265. The molecule has 0 bridgehead atoms. The summed E-state index contributed by atoms with van der Waals surface area (Å²) in [4.78, 5) is 0. The summed E-state index contributed by atoms with van der Waals surface area (Å²) in [5, 5.41) is 8.66. The fourth-order valence-electron chi connectivity index (χ4n) is 1.37. The molecule has 0 N–H and O–H groups in total. The van der Waals surface area contributed by atoms with E-state index in [0.29, 0.717) is 0 Å². The molecule has 0 spiro atoms. The van der Waals surface area contributed by atoms with Gasteiger partial charge in [-0.25, -0.2) is 0 Å². The second kappa shape index (κ2) is 2.69. The Bertz CT molecular complexity index is 233. The van der Waals surface area contributed by atoms with Crippen LogP contribution in [0.1, 0.15) is 13.8 Å². The average Bonchev–Trinajstić information content (AvgIpc) is 2.33. The van der Waals surface area contributed by atoms with Crippen LogP contribution in [0, 0.1) is 28.6 Å². The third-order valence-electron chi connectivity index (χ3n) is 2.36. The number of hydrogen-bond acceptors (Lipinski definition) is 1. The largest absolute Gasteiger partial charge is 0.198 e. The quantitative estimate of drug-likeness (QED) is 0.623. The normalized spacial score (nSPS) is 32.3. The Labute approximate surface area is 76.6 Å². The van der Waals surface area contributed by atoms with Gasteiger partial charge < -0.3 is 0 Å². The van der Waals surface area contributed by atoms with E-state index in [1.165, 1.54) is 0 Å². The van der Waals surface area contributed by atoms with Gasteiger partial charge >= 0.3 is 0 Å². The molecule has 0 saturated heterocycles. The summed E-state index contributed by atoms with van der Waals surface area (Å²) in [5.41, 5.74) is 0.0593. The number of nitriles is 1. The number of halogens is 2. The lowest BCUT2D eigenvalue weighted by molar-refractivity contribution is 0.589. The van der Waals surface area contributed by atoms with Gasteiger partial charge in [0.2, 0.25) is 0 Å². The van der Waals surface area contributed by atoms with E-state index in [9.17, 15) is 0 Å². The highest BCUT2D eigenvalue weighted by Crippen LogP contribution is 2.59. The maximum atomic E-state index is 8.66. The molecular weight excluding hydrogens is 181 g/mol. The van der Waals surface area contributed by atoms with Crippen LogP contribution in [0.5, 0.6) is 0 Å². The Hall–Kier alpha value is -0.190. The van der Waals surface area contributed by atoms with Crippen LogP contribution >= 0.6 is 23.2 Å². The van der Waals surface area contributed by atoms with Crippen molar-refractivity contribution < 1.29 is 0 Å². The zero-order valence-corrected chi connectivity index (χ0v) is 7.95. The van der Waals surface area contributed by atoms with Crippen molar-refractivity contribution in [3.8, 4) is 6.07 Å². The van der Waals surface area contributed by atoms with Gasteiger partial charge in [-0.3, -0.25) is 0 Å². The van der Waals surface area contributed by atoms with E-state index in [4.69, 9.17) is 28.5 Å². The number of nitrogens with zero attached hydrogens (tertiary/aromatic N) is 1. The second-order valence-corrected chi connectivity index (χ2v) is 4.42. The maximum Gasteiger partial charge on any atom is 0.103 e. The molecular formula is C8H9Cl2N. The van der Waals surface area contributed by atoms with Gasteiger partial charge in [-0.15, -0.1) is 0 Å². The van der Waals surface area contributed by atoms with Crippen molar-refractivity contribution in [2.45, 2.75) is 13.8 Å². The van der Waals surface area contributed by atoms with Gasteiger partial charge in [0.25, 0.3) is 0 Å². The van der Waals surface area contributed by atoms with E-state index in [0.717, 1.165) is 0 Å². The van der Waals surface area contributed by atoms with Crippen molar-refractivity contribution in [2.75, 3.05) is 0 Å². The molecule has 0 aromatic carbocycles. The average molecular weight is 190 g/mol. The second-order valence-electron chi connectivity index (χ2n) is 3.41. The summed E-state index contributed by atoms with van der Waals surface area (Å²) in [6.07, 6.45) is 1.75. The smallest absolute Gasteiger partial charge is 0.103 e. The molecule has 0 aromatic heterocycles. The van der Waals surface area contributed by atoms with E-state index >= 15 is 0 Å². The highest BCUT2D eigenvalue weighted by Gasteiger charge is 2.57. The van der Waals surface area contributed by atoms with Gasteiger partial charge in [0, 0.05) is 5.92 Å². The van der Waals surface area contributed by atoms with Crippen molar-refractivity contribution in [3.63, 3.8) is 0 Å². The monoisotopic (exact) mass is 189 g/mol. The topological polar surface area (TPSA) is 23.8 Å². The van der Waals surface area contributed by atoms with Crippen LogP contribution in [0.15, 0.2) is 10.6 Å². The molecule has 0 aromatic rings. The number of rotatable bonds is 1. The summed E-state index contributed by atoms with van der Waals surface area (Å²) in [6.45, 7) is 4.08. The van der Waals surface area contributed by atoms with Crippen LogP contribution in [0.4, 0.5) is 0 Å². The Morgan fingerprint density at radius 1 is 1.55 bits per heavy atom. The summed E-state index contributed by atoms with van der Waals surface area (Å²) in [7, 11) is 0. The van der Waals surface area contributed by atoms with Gasteiger partial charge in [0.15, 0.2) is 0 Å². The van der Waals surface area contributed by atoms with Crippen molar-refractivity contribution in [1.82, 2.24) is 0 Å². The first-order chi connectivity index (χ1) is 5.00. The number of allylic oxidation sites excluding steroid dienone is 1. The standard InChI is InChI=1S/C8H9Cl2N/c1-8(2)5(3-7(9)10)6(8)4-11/h3,5-6H,1-2H3/t5-,6-/m1/s1. The predicted molar refractivity (Wildman–Crippen MR) is 46.2 cm³/mol. The third-order valence-corrected chi connectivity index (χ3v) is 2.61. The van der Waals surface area contributed by atoms with Crippen LogP contribution in [-0.4, -0.2) is 0 Å². The molecule has 1 nitrogen and oxygen atoms in total. The molecule has 1 aliphatic rings. The van der Waals surface area contributed by atoms with Gasteiger partial charge in [0.05, 0.1) is 12.0 Å². The summed E-state index contributed by atoms with van der Waals surface area (Å²) in [5.74, 6) is 0.312. The molecule has 1 aliphatic carbocycles. The molecule has 1 saturated carbocycles. The highest BCUT2D eigenvalue weighted by atomic mass is 35.5. The Balaban J connectivity index is 2.69. The molecule has 0 radical (unpaired) electrons. The minimum Gasteiger partial charge on any atom is -0.198 e. The molecule has 0 aliphatic heterocycles. The fourth-order valence-corrected chi connectivity index (χ4v) is 1.64. The minimum atomic E-state index is 0.0593. The van der Waals surface area contributed by atoms with Crippen LogP contribution in [0.25, 0.3) is 0 Å². The van der Waals surface area contributed by atoms with Crippen molar-refractivity contribution in [1.29, 1.82) is 5.26 Å². The van der Waals surface area contributed by atoms with Gasteiger partial charge in [-0.05, 0) is 11.5 Å². The first-order valence-corrected chi connectivity index (χ1v) is 4.18. The van der Waals surface area contributed by atoms with E-state index in [1.807, 2.05) is 13.8 Å². The lowest BCUT2D eigenvalue weighted by Gasteiger charge is -1.94. The molecule has 11 heavy (non-hydrogen) atoms. The molecule has 60 valence electrons. The molecule has 0 heterocycles. The molecule has 3 heteroatoms. The predicted octanol–water partition coefficient (Wildman–Crippen LogP) is 3.10. The van der Waals surface area contributed by atoms with Crippen LogP contribution < -0.4 is 0 Å². The Morgan fingerprint density at radius 3 is 2.36 bits per heavy atom. The van der Waals surface area contributed by atoms with E-state index < -0.39 is 0 Å². The van der Waals surface area contributed by atoms with Crippen molar-refractivity contribution >= 4 is 23.2 Å². The van der Waals surface area contributed by atoms with Crippen LogP contribution in [-0.2, 0) is 0 Å². The molecule has 1 rings (SSSR count). The van der Waals surface area contributed by atoms with E-state index in [-0.39, 0.29) is 21.7 Å². The van der Waals surface area contributed by atoms with Gasteiger partial charge in [0.1, 0.15) is 4.49 Å². The Kier molecular flexibility index (Phi) is 2.18. The van der Waals surface area contributed by atoms with Crippen molar-refractivity contribution in [3.05, 3.63) is 10.6 Å². The summed E-state index contributed by atoms with van der Waals surface area (Å²) >= 11 is 11.0. The third kappa shape index (κ3) is 1.52. The first-order valence-electron chi connectivity index (χ1n) is 3.42. The van der Waals surface area contributed by atoms with Gasteiger partial charge in [-0.2, -0.15) is 5.26 Å². The molecule has 0 unspecified atom stereocenters. The van der Waals surface area contributed by atoms with Crippen molar-refractivity contribution in [2.24, 2.45) is 17.3 Å². The maximum absolute atomic E-state index is 8.66. The lowest BCUT2D eigenvalue weighted by Crippen LogP contribution is -1.87. The lowest BCUT2D eigenvalue weighted by atomic mass is 10.1. The minimum absolute atomic E-state index is 0.0593. The van der Waals surface area contributed by atoms with Gasteiger partial charge in [-0.1, -0.05) is 37.0 Å². The van der Waals surface area contributed by atoms with E-state index in [2.05, 4.69) is 6.07 Å². The first kappa shape index (κ1) is 8.90. The molecule has 1 fully saturated rings. The fraction of sp³-hybridized carbons (Fsp3) is 0.625. The molecule has 0 amide bonds. The van der Waals surface area contributed by atoms with E-state index in [1.54, 1.807) is 6.08 Å². The van der Waals surface area contributed by atoms with Crippen LogP contribution in [0.2, 0.25) is 0 Å². The Morgan fingerprint density at radius 2 is 2.09 bits per heavy atom. The molecule has 2 atom stereocenters. The zero-order chi connectivity index (χ0) is 8.65. The summed E-state index contributed by atoms with van der Waals surface area (Å²) in [6, 6.07) is 2.22.